The number of hydrogen-bond donors (Lipinski definition) is 3. The fourth-order valence-electron chi connectivity index (χ4n) is 2.19. The SMILES string of the molecule is O=S(=O)(N[C@@H](CO)C[C@H](O)c1ccccc1)c1ccccc1F. The normalized spacial score (nSPS) is 14.4. The summed E-state index contributed by atoms with van der Waals surface area (Å²) in [4.78, 5) is -0.493. The van der Waals surface area contributed by atoms with E-state index in [1.807, 2.05) is 0 Å². The second-order valence-corrected chi connectivity index (χ2v) is 6.78. The number of rotatable bonds is 7. The summed E-state index contributed by atoms with van der Waals surface area (Å²) in [5.74, 6) is -0.875. The summed E-state index contributed by atoms with van der Waals surface area (Å²) in [6.07, 6.45) is -0.981. The maximum atomic E-state index is 13.6. The Morgan fingerprint density at radius 2 is 1.65 bits per heavy atom. The fourth-order valence-corrected chi connectivity index (χ4v) is 3.51. The molecule has 2 aromatic rings. The third kappa shape index (κ3) is 4.59. The van der Waals surface area contributed by atoms with Crippen LogP contribution in [0.15, 0.2) is 59.5 Å². The Morgan fingerprint density at radius 3 is 2.26 bits per heavy atom. The number of hydrogen-bond acceptors (Lipinski definition) is 4. The van der Waals surface area contributed by atoms with Crippen molar-refractivity contribution in [3.05, 3.63) is 66.0 Å². The number of nitrogens with one attached hydrogen (secondary N) is 1. The second-order valence-electron chi connectivity index (χ2n) is 5.09. The van der Waals surface area contributed by atoms with E-state index >= 15 is 0 Å². The van der Waals surface area contributed by atoms with E-state index < -0.39 is 39.5 Å². The van der Waals surface area contributed by atoms with E-state index in [-0.39, 0.29) is 6.42 Å². The molecule has 7 heteroatoms. The van der Waals surface area contributed by atoms with Crippen LogP contribution in [0, 0.1) is 5.82 Å². The molecule has 0 radical (unpaired) electrons. The molecular formula is C16H18FNO4S. The molecule has 0 bridgehead atoms. The predicted octanol–water partition coefficient (Wildman–Crippen LogP) is 1.59. The van der Waals surface area contributed by atoms with E-state index in [0.717, 1.165) is 12.1 Å². The zero-order valence-corrected chi connectivity index (χ0v) is 13.1. The van der Waals surface area contributed by atoms with Crippen LogP contribution in [0.2, 0.25) is 0 Å². The van der Waals surface area contributed by atoms with Crippen LogP contribution in [0.25, 0.3) is 0 Å². The van der Waals surface area contributed by atoms with Crippen LogP contribution < -0.4 is 4.72 Å². The average molecular weight is 339 g/mol. The van der Waals surface area contributed by atoms with Gasteiger partial charge in [0.25, 0.3) is 0 Å². The lowest BCUT2D eigenvalue weighted by atomic mass is 10.0. The summed E-state index contributed by atoms with van der Waals surface area (Å²) in [6, 6.07) is 12.7. The fraction of sp³-hybridized carbons (Fsp3) is 0.250. The minimum absolute atomic E-state index is 0.0335. The van der Waals surface area contributed by atoms with Crippen LogP contribution in [-0.4, -0.2) is 31.3 Å². The second kappa shape index (κ2) is 7.65. The maximum absolute atomic E-state index is 13.6. The van der Waals surface area contributed by atoms with Crippen molar-refractivity contribution in [2.75, 3.05) is 6.61 Å². The molecule has 2 atom stereocenters. The highest BCUT2D eigenvalue weighted by Gasteiger charge is 2.24. The Kier molecular flexibility index (Phi) is 5.84. The smallest absolute Gasteiger partial charge is 0.243 e. The molecule has 0 saturated heterocycles. The molecule has 0 aromatic heterocycles. The van der Waals surface area contributed by atoms with Crippen molar-refractivity contribution in [2.45, 2.75) is 23.5 Å². The van der Waals surface area contributed by atoms with E-state index in [1.165, 1.54) is 12.1 Å². The Hall–Kier alpha value is -1.80. The molecule has 0 saturated carbocycles. The van der Waals surface area contributed by atoms with Gasteiger partial charge in [-0.25, -0.2) is 17.5 Å². The Labute approximate surface area is 134 Å². The molecule has 0 aliphatic rings. The number of aliphatic hydroxyl groups is 2. The van der Waals surface area contributed by atoms with Crippen molar-refractivity contribution >= 4 is 10.0 Å². The number of aliphatic hydroxyl groups excluding tert-OH is 2. The zero-order chi connectivity index (χ0) is 16.9. The van der Waals surface area contributed by atoms with Crippen molar-refractivity contribution in [3.63, 3.8) is 0 Å². The highest BCUT2D eigenvalue weighted by Crippen LogP contribution is 2.20. The van der Waals surface area contributed by atoms with Gasteiger partial charge in [0.2, 0.25) is 10.0 Å². The van der Waals surface area contributed by atoms with Crippen molar-refractivity contribution in [1.82, 2.24) is 4.72 Å². The average Bonchev–Trinajstić information content (AvgIpc) is 2.55. The summed E-state index contributed by atoms with van der Waals surface area (Å²) < 4.78 is 40.3. The van der Waals surface area contributed by atoms with Gasteiger partial charge in [-0.05, 0) is 24.1 Å². The highest BCUT2D eigenvalue weighted by atomic mass is 32.2. The minimum Gasteiger partial charge on any atom is -0.395 e. The molecule has 0 aliphatic heterocycles. The van der Waals surface area contributed by atoms with Crippen molar-refractivity contribution in [3.8, 4) is 0 Å². The van der Waals surface area contributed by atoms with E-state index in [2.05, 4.69) is 4.72 Å². The molecule has 0 spiro atoms. The van der Waals surface area contributed by atoms with E-state index in [0.29, 0.717) is 5.56 Å². The third-order valence-corrected chi connectivity index (χ3v) is 4.91. The van der Waals surface area contributed by atoms with Gasteiger partial charge in [0.05, 0.1) is 12.7 Å². The van der Waals surface area contributed by atoms with Crippen LogP contribution in [-0.2, 0) is 10.0 Å². The molecule has 0 aliphatic carbocycles. The summed E-state index contributed by atoms with van der Waals surface area (Å²) in [7, 11) is -4.13. The molecule has 0 heterocycles. The van der Waals surface area contributed by atoms with Gasteiger partial charge >= 0.3 is 0 Å². The standard InChI is InChI=1S/C16H18FNO4S/c17-14-8-4-5-9-16(14)23(21,22)18-13(11-19)10-15(20)12-6-2-1-3-7-12/h1-9,13,15,18-20H,10-11H2/t13-,15+/m1/s1. The van der Waals surface area contributed by atoms with Gasteiger partial charge < -0.3 is 10.2 Å². The van der Waals surface area contributed by atoms with Crippen LogP contribution in [0.5, 0.6) is 0 Å². The minimum atomic E-state index is -4.13. The molecule has 2 aromatic carbocycles. The number of sulfonamides is 1. The molecule has 124 valence electrons. The zero-order valence-electron chi connectivity index (χ0n) is 12.3. The van der Waals surface area contributed by atoms with Crippen molar-refractivity contribution < 1.29 is 23.0 Å². The molecule has 0 unspecified atom stereocenters. The molecule has 2 rings (SSSR count). The van der Waals surface area contributed by atoms with Gasteiger partial charge in [-0.3, -0.25) is 0 Å². The van der Waals surface area contributed by atoms with Gasteiger partial charge in [-0.15, -0.1) is 0 Å². The summed E-state index contributed by atoms with van der Waals surface area (Å²) in [6.45, 7) is -0.516. The van der Waals surface area contributed by atoms with E-state index in [9.17, 15) is 23.0 Å². The lowest BCUT2D eigenvalue weighted by molar-refractivity contribution is 0.136. The molecule has 23 heavy (non-hydrogen) atoms. The van der Waals surface area contributed by atoms with Crippen molar-refractivity contribution in [2.24, 2.45) is 0 Å². The Morgan fingerprint density at radius 1 is 1.04 bits per heavy atom. The van der Waals surface area contributed by atoms with E-state index in [4.69, 9.17) is 0 Å². The van der Waals surface area contributed by atoms with Crippen LogP contribution in [0.3, 0.4) is 0 Å². The van der Waals surface area contributed by atoms with Crippen LogP contribution >= 0.6 is 0 Å². The highest BCUT2D eigenvalue weighted by molar-refractivity contribution is 7.89. The quantitative estimate of drug-likeness (QED) is 0.715. The molecular weight excluding hydrogens is 321 g/mol. The summed E-state index contributed by atoms with van der Waals surface area (Å²) in [5.41, 5.74) is 0.607. The van der Waals surface area contributed by atoms with Gasteiger partial charge in [0.15, 0.2) is 0 Å². The lowest BCUT2D eigenvalue weighted by Crippen LogP contribution is -2.38. The topological polar surface area (TPSA) is 86.6 Å². The van der Waals surface area contributed by atoms with Crippen molar-refractivity contribution in [1.29, 1.82) is 0 Å². The van der Waals surface area contributed by atoms with Gasteiger partial charge in [-0.2, -0.15) is 0 Å². The first-order chi connectivity index (χ1) is 10.9. The molecule has 3 N–H and O–H groups in total. The predicted molar refractivity (Wildman–Crippen MR) is 83.6 cm³/mol. The third-order valence-electron chi connectivity index (χ3n) is 3.36. The van der Waals surface area contributed by atoms with Crippen LogP contribution in [0.4, 0.5) is 4.39 Å². The van der Waals surface area contributed by atoms with Crippen LogP contribution in [0.1, 0.15) is 18.1 Å². The summed E-state index contributed by atoms with van der Waals surface area (Å²) >= 11 is 0. The monoisotopic (exact) mass is 339 g/mol. The first kappa shape index (κ1) is 17.6. The van der Waals surface area contributed by atoms with Gasteiger partial charge in [0.1, 0.15) is 10.7 Å². The largest absolute Gasteiger partial charge is 0.395 e. The molecule has 0 fully saturated rings. The first-order valence-corrected chi connectivity index (χ1v) is 8.53. The Bertz CT molecular complexity index is 737. The van der Waals surface area contributed by atoms with Gasteiger partial charge in [-0.1, -0.05) is 42.5 Å². The maximum Gasteiger partial charge on any atom is 0.243 e. The summed E-state index contributed by atoms with van der Waals surface area (Å²) in [5, 5.41) is 19.5. The lowest BCUT2D eigenvalue weighted by Gasteiger charge is -2.20. The number of halogens is 1. The van der Waals surface area contributed by atoms with Gasteiger partial charge in [0, 0.05) is 6.04 Å². The Balaban J connectivity index is 2.12. The van der Waals surface area contributed by atoms with E-state index in [1.54, 1.807) is 30.3 Å². The number of benzene rings is 2. The first-order valence-electron chi connectivity index (χ1n) is 7.05. The molecule has 0 amide bonds. The molecule has 5 nitrogen and oxygen atoms in total.